The molecule has 19 heavy (non-hydrogen) atoms. The first-order chi connectivity index (χ1) is 9.09. The predicted molar refractivity (Wildman–Crippen MR) is 76.1 cm³/mol. The van der Waals surface area contributed by atoms with Gasteiger partial charge in [-0.05, 0) is 32.4 Å². The highest BCUT2D eigenvalue weighted by molar-refractivity contribution is 7.91. The minimum absolute atomic E-state index is 0.282. The van der Waals surface area contributed by atoms with Gasteiger partial charge in [0.25, 0.3) is 0 Å². The van der Waals surface area contributed by atoms with Crippen molar-refractivity contribution in [2.24, 2.45) is 0 Å². The Bertz CT molecular complexity index is 372. The zero-order chi connectivity index (χ0) is 13.7. The Morgan fingerprint density at radius 3 is 2.79 bits per heavy atom. The lowest BCUT2D eigenvalue weighted by Gasteiger charge is -2.23. The zero-order valence-electron chi connectivity index (χ0n) is 11.8. The normalized spacial score (nSPS) is 32.3. The first kappa shape index (κ1) is 15.2. The van der Waals surface area contributed by atoms with E-state index in [1.54, 1.807) is 0 Å². The molecule has 0 radical (unpaired) electrons. The fourth-order valence-corrected chi connectivity index (χ4v) is 4.14. The van der Waals surface area contributed by atoms with E-state index in [2.05, 4.69) is 17.1 Å². The largest absolute Gasteiger partial charge is 0.372 e. The van der Waals surface area contributed by atoms with Crippen molar-refractivity contribution in [3.63, 3.8) is 0 Å². The molecule has 2 aliphatic heterocycles. The van der Waals surface area contributed by atoms with Crippen molar-refractivity contribution >= 4 is 9.84 Å². The van der Waals surface area contributed by atoms with Gasteiger partial charge in [0.15, 0.2) is 9.84 Å². The predicted octanol–water partition coefficient (Wildman–Crippen LogP) is 0.264. The maximum absolute atomic E-state index is 11.6. The second-order valence-electron chi connectivity index (χ2n) is 5.57. The Hall–Kier alpha value is -0.170. The third-order valence-electron chi connectivity index (χ3n) is 3.93. The summed E-state index contributed by atoms with van der Waals surface area (Å²) in [6.07, 6.45) is 3.59. The van der Waals surface area contributed by atoms with Crippen LogP contribution in [0, 0.1) is 0 Å². The summed E-state index contributed by atoms with van der Waals surface area (Å²) in [5, 5.41) is 3.32. The Morgan fingerprint density at radius 2 is 2.00 bits per heavy atom. The Kier molecular flexibility index (Phi) is 5.62. The molecular formula is C13H26N2O3S. The highest BCUT2D eigenvalue weighted by Gasteiger charge is 2.28. The van der Waals surface area contributed by atoms with Crippen LogP contribution in [0.1, 0.15) is 26.2 Å². The summed E-state index contributed by atoms with van der Waals surface area (Å²) in [6, 6.07) is 0. The number of rotatable bonds is 5. The van der Waals surface area contributed by atoms with Crippen LogP contribution in [0.15, 0.2) is 0 Å². The minimum atomic E-state index is -2.80. The molecule has 0 spiro atoms. The highest BCUT2D eigenvalue weighted by Crippen LogP contribution is 2.20. The van der Waals surface area contributed by atoms with Gasteiger partial charge in [-0.2, -0.15) is 0 Å². The van der Waals surface area contributed by atoms with Crippen molar-refractivity contribution in [3.05, 3.63) is 0 Å². The smallest absolute Gasteiger partial charge is 0.151 e. The standard InChI is InChI=1S/C13H26N2O3S/c1-2-14-10-12-4-5-13(18-12)11-15-6-3-8-19(16,17)9-7-15/h12-14H,2-11H2,1H3. The van der Waals surface area contributed by atoms with E-state index in [-0.39, 0.29) is 6.10 Å². The summed E-state index contributed by atoms with van der Waals surface area (Å²) in [5.41, 5.74) is 0. The maximum atomic E-state index is 11.6. The molecular weight excluding hydrogens is 264 g/mol. The molecule has 0 bridgehead atoms. The molecule has 2 rings (SSSR count). The molecule has 0 aliphatic carbocycles. The third kappa shape index (κ3) is 5.02. The summed E-state index contributed by atoms with van der Waals surface area (Å²) in [5.74, 6) is 0.651. The lowest BCUT2D eigenvalue weighted by atomic mass is 10.2. The molecule has 0 amide bonds. The van der Waals surface area contributed by atoms with Gasteiger partial charge in [-0.1, -0.05) is 6.92 Å². The van der Waals surface area contributed by atoms with Crippen molar-refractivity contribution < 1.29 is 13.2 Å². The molecule has 2 aliphatic rings. The summed E-state index contributed by atoms with van der Waals surface area (Å²) in [6.45, 7) is 6.45. The van der Waals surface area contributed by atoms with E-state index in [1.807, 2.05) is 0 Å². The molecule has 2 heterocycles. The maximum Gasteiger partial charge on any atom is 0.151 e. The monoisotopic (exact) mass is 290 g/mol. The number of likely N-dealkylation sites (N-methyl/N-ethyl adjacent to an activating group) is 1. The number of nitrogens with zero attached hydrogens (tertiary/aromatic N) is 1. The molecule has 5 nitrogen and oxygen atoms in total. The molecule has 112 valence electrons. The van der Waals surface area contributed by atoms with Gasteiger partial charge in [0, 0.05) is 19.6 Å². The van der Waals surface area contributed by atoms with Crippen LogP contribution in [0.4, 0.5) is 0 Å². The second-order valence-corrected chi connectivity index (χ2v) is 7.87. The third-order valence-corrected chi connectivity index (χ3v) is 5.64. The van der Waals surface area contributed by atoms with Gasteiger partial charge >= 0.3 is 0 Å². The highest BCUT2D eigenvalue weighted by atomic mass is 32.2. The Morgan fingerprint density at radius 1 is 1.21 bits per heavy atom. The number of ether oxygens (including phenoxy) is 1. The minimum Gasteiger partial charge on any atom is -0.372 e. The summed E-state index contributed by atoms with van der Waals surface area (Å²) >= 11 is 0. The van der Waals surface area contributed by atoms with Gasteiger partial charge in [0.05, 0.1) is 23.7 Å². The Balaban J connectivity index is 1.73. The van der Waals surface area contributed by atoms with E-state index >= 15 is 0 Å². The molecule has 2 atom stereocenters. The molecule has 6 heteroatoms. The SMILES string of the molecule is CCNCC1CCC(CN2CCCS(=O)(=O)CC2)O1. The molecule has 0 aromatic carbocycles. The number of hydrogen-bond acceptors (Lipinski definition) is 5. The summed E-state index contributed by atoms with van der Waals surface area (Å²) in [7, 11) is -2.80. The van der Waals surface area contributed by atoms with Crippen LogP contribution in [0.25, 0.3) is 0 Å². The molecule has 2 unspecified atom stereocenters. The number of hydrogen-bond donors (Lipinski definition) is 1. The van der Waals surface area contributed by atoms with Gasteiger partial charge in [0.2, 0.25) is 0 Å². The first-order valence-electron chi connectivity index (χ1n) is 7.38. The van der Waals surface area contributed by atoms with Crippen LogP contribution >= 0.6 is 0 Å². The zero-order valence-corrected chi connectivity index (χ0v) is 12.6. The van der Waals surface area contributed by atoms with Crippen LogP contribution in [-0.2, 0) is 14.6 Å². The van der Waals surface area contributed by atoms with E-state index in [0.29, 0.717) is 24.2 Å². The molecule has 1 N–H and O–H groups in total. The molecule has 0 aromatic heterocycles. The van der Waals surface area contributed by atoms with Crippen LogP contribution < -0.4 is 5.32 Å². The number of nitrogens with one attached hydrogen (secondary N) is 1. The van der Waals surface area contributed by atoms with Gasteiger partial charge in [0.1, 0.15) is 0 Å². The van der Waals surface area contributed by atoms with E-state index in [9.17, 15) is 8.42 Å². The average Bonchev–Trinajstić information content (AvgIpc) is 2.73. The van der Waals surface area contributed by atoms with Crippen LogP contribution in [-0.4, -0.2) is 69.8 Å². The first-order valence-corrected chi connectivity index (χ1v) is 9.20. The summed E-state index contributed by atoms with van der Waals surface area (Å²) in [4.78, 5) is 2.25. The van der Waals surface area contributed by atoms with Crippen LogP contribution in [0.5, 0.6) is 0 Å². The lowest BCUT2D eigenvalue weighted by Crippen LogP contribution is -2.35. The Labute approximate surface area is 116 Å². The van der Waals surface area contributed by atoms with Gasteiger partial charge in [-0.25, -0.2) is 8.42 Å². The number of sulfone groups is 1. The van der Waals surface area contributed by atoms with Crippen molar-refractivity contribution in [1.82, 2.24) is 10.2 Å². The quantitative estimate of drug-likeness (QED) is 0.787. The van der Waals surface area contributed by atoms with Crippen molar-refractivity contribution in [1.29, 1.82) is 0 Å². The van der Waals surface area contributed by atoms with Crippen molar-refractivity contribution in [2.45, 2.75) is 38.4 Å². The average molecular weight is 290 g/mol. The second kappa shape index (κ2) is 7.02. The topological polar surface area (TPSA) is 58.6 Å². The van der Waals surface area contributed by atoms with E-state index in [0.717, 1.165) is 45.4 Å². The van der Waals surface area contributed by atoms with Gasteiger partial charge in [-0.15, -0.1) is 0 Å². The van der Waals surface area contributed by atoms with Gasteiger partial charge < -0.3 is 10.1 Å². The lowest BCUT2D eigenvalue weighted by molar-refractivity contribution is 0.0250. The van der Waals surface area contributed by atoms with Crippen LogP contribution in [0.3, 0.4) is 0 Å². The van der Waals surface area contributed by atoms with Crippen molar-refractivity contribution in [2.75, 3.05) is 44.2 Å². The summed E-state index contributed by atoms with van der Waals surface area (Å²) < 4.78 is 29.1. The van der Waals surface area contributed by atoms with Gasteiger partial charge in [-0.3, -0.25) is 4.90 Å². The van der Waals surface area contributed by atoms with E-state index < -0.39 is 9.84 Å². The molecule has 2 saturated heterocycles. The molecule has 0 saturated carbocycles. The van der Waals surface area contributed by atoms with E-state index in [1.165, 1.54) is 0 Å². The van der Waals surface area contributed by atoms with Crippen molar-refractivity contribution in [3.8, 4) is 0 Å². The van der Waals surface area contributed by atoms with E-state index in [4.69, 9.17) is 4.74 Å². The fourth-order valence-electron chi connectivity index (χ4n) is 2.83. The van der Waals surface area contributed by atoms with Crippen LogP contribution in [0.2, 0.25) is 0 Å². The molecule has 0 aromatic rings. The fraction of sp³-hybridized carbons (Fsp3) is 1.00. The molecule has 2 fully saturated rings.